The van der Waals surface area contributed by atoms with Crippen LogP contribution < -0.4 is 0 Å². The van der Waals surface area contributed by atoms with Crippen LogP contribution in [0.5, 0.6) is 0 Å². The Bertz CT molecular complexity index is 1090. The smallest absolute Gasteiger partial charge is 0.186 e. The number of methoxy groups -OCH3 is 1. The van der Waals surface area contributed by atoms with Crippen LogP contribution in [0.4, 0.5) is 0 Å². The summed E-state index contributed by atoms with van der Waals surface area (Å²) in [5, 5.41) is 84.4. The first-order valence-electron chi connectivity index (χ1n) is 17.5. The maximum Gasteiger partial charge on any atom is 0.186 e. The van der Waals surface area contributed by atoms with Gasteiger partial charge in [-0.25, -0.2) is 0 Å². The summed E-state index contributed by atoms with van der Waals surface area (Å²) >= 11 is 0. The molecule has 19 atom stereocenters. The van der Waals surface area contributed by atoms with Gasteiger partial charge in [-0.15, -0.1) is 0 Å². The first kappa shape index (κ1) is 35.3. The maximum absolute atomic E-state index is 11.8. The summed E-state index contributed by atoms with van der Waals surface area (Å²) < 4.78 is 24.4. The van der Waals surface area contributed by atoms with Gasteiger partial charge in [-0.2, -0.15) is 0 Å². The van der Waals surface area contributed by atoms with Crippen molar-refractivity contribution in [1.29, 1.82) is 0 Å². The Labute approximate surface area is 272 Å². The van der Waals surface area contributed by atoms with E-state index in [4.69, 9.17) is 18.9 Å². The van der Waals surface area contributed by atoms with Gasteiger partial charge in [0.05, 0.1) is 31.5 Å². The second-order valence-corrected chi connectivity index (χ2v) is 16.3. The van der Waals surface area contributed by atoms with E-state index in [0.717, 1.165) is 25.7 Å². The highest BCUT2D eigenvalue weighted by molar-refractivity contribution is 5.21. The summed E-state index contributed by atoms with van der Waals surface area (Å²) in [7, 11) is 1.70. The van der Waals surface area contributed by atoms with Crippen molar-refractivity contribution < 1.29 is 59.8 Å². The van der Waals surface area contributed by atoms with E-state index in [1.165, 1.54) is 0 Å². The molecule has 46 heavy (non-hydrogen) atoms. The predicted octanol–water partition coefficient (Wildman–Crippen LogP) is 0.283. The van der Waals surface area contributed by atoms with Crippen molar-refractivity contribution in [2.75, 3.05) is 20.3 Å². The van der Waals surface area contributed by atoms with E-state index in [1.807, 2.05) is 13.8 Å². The van der Waals surface area contributed by atoms with Crippen LogP contribution in [0.25, 0.3) is 0 Å². The zero-order valence-corrected chi connectivity index (χ0v) is 27.9. The molecular weight excluding hydrogens is 600 g/mol. The molecule has 6 aliphatic rings. The molecule has 8 N–H and O–H groups in total. The van der Waals surface area contributed by atoms with E-state index >= 15 is 0 Å². The molecule has 6 fully saturated rings. The van der Waals surface area contributed by atoms with Crippen molar-refractivity contribution in [3.05, 3.63) is 0 Å². The van der Waals surface area contributed by atoms with Crippen LogP contribution in [-0.2, 0) is 18.9 Å². The van der Waals surface area contributed by atoms with Gasteiger partial charge >= 0.3 is 0 Å². The lowest BCUT2D eigenvalue weighted by Crippen LogP contribution is -2.73. The molecule has 2 saturated heterocycles. The highest BCUT2D eigenvalue weighted by Crippen LogP contribution is 2.71. The number of fused-ring (bicyclic) bond motifs is 7. The third kappa shape index (κ3) is 4.99. The Morgan fingerprint density at radius 3 is 2.33 bits per heavy atom. The second kappa shape index (κ2) is 12.4. The van der Waals surface area contributed by atoms with E-state index in [2.05, 4.69) is 13.8 Å². The van der Waals surface area contributed by atoms with Crippen LogP contribution in [0.15, 0.2) is 0 Å². The monoisotopic (exact) mass is 658 g/mol. The van der Waals surface area contributed by atoms with E-state index in [0.29, 0.717) is 25.2 Å². The highest BCUT2D eigenvalue weighted by Gasteiger charge is 2.73. The lowest BCUT2D eigenvalue weighted by atomic mass is 9.41. The number of aliphatic hydroxyl groups excluding tert-OH is 7. The molecule has 0 amide bonds. The minimum atomic E-state index is -1.52. The molecule has 12 heteroatoms. The molecule has 0 aromatic heterocycles. The molecule has 0 radical (unpaired) electrons. The third-order valence-electron chi connectivity index (χ3n) is 14.4. The Kier molecular flexibility index (Phi) is 9.52. The Morgan fingerprint density at radius 2 is 1.65 bits per heavy atom. The van der Waals surface area contributed by atoms with Crippen LogP contribution in [-0.4, -0.2) is 128 Å². The first-order chi connectivity index (χ1) is 21.6. The number of ether oxygens (including phenoxy) is 4. The van der Waals surface area contributed by atoms with Gasteiger partial charge in [0.2, 0.25) is 0 Å². The van der Waals surface area contributed by atoms with E-state index in [1.54, 1.807) is 7.11 Å². The van der Waals surface area contributed by atoms with Crippen molar-refractivity contribution in [1.82, 2.24) is 0 Å². The summed E-state index contributed by atoms with van der Waals surface area (Å²) in [5.41, 5.74) is -2.43. The van der Waals surface area contributed by atoms with Crippen molar-refractivity contribution in [3.63, 3.8) is 0 Å². The number of rotatable bonds is 8. The van der Waals surface area contributed by atoms with E-state index in [-0.39, 0.29) is 54.1 Å². The van der Waals surface area contributed by atoms with Crippen molar-refractivity contribution in [3.8, 4) is 0 Å². The van der Waals surface area contributed by atoms with Gasteiger partial charge < -0.3 is 59.8 Å². The topological polar surface area (TPSA) is 199 Å². The Hall–Kier alpha value is -0.480. The molecule has 0 aromatic rings. The summed E-state index contributed by atoms with van der Waals surface area (Å²) in [6.45, 7) is 8.29. The van der Waals surface area contributed by atoms with Crippen molar-refractivity contribution in [2.45, 2.75) is 146 Å². The molecule has 14 unspecified atom stereocenters. The van der Waals surface area contributed by atoms with Gasteiger partial charge in [-0.3, -0.25) is 0 Å². The van der Waals surface area contributed by atoms with E-state index < -0.39 is 72.4 Å². The minimum absolute atomic E-state index is 0.00701. The standard InChI is InChI=1S/C34H58O12/c1-16(15-44-30-28(40)27(39)26(38)23(14-35)45-30)6-11-34(43-5)17(2)25-22(46-34)12-20-18-7-10-33(42)29(41)21(36)13-24(37)32(33,4)19(18)8-9-31(20,25)3/h16-30,35-42H,6-15H2,1-5H3/t16?,17?,18?,19?,20?,21?,22?,23-,24?,25?,26-,27+,28-,29?,30-,31?,32?,33?,34?/m1/s1. The average molecular weight is 659 g/mol. The normalized spacial score (nSPS) is 57.3. The molecule has 0 spiro atoms. The molecule has 266 valence electrons. The van der Waals surface area contributed by atoms with Crippen LogP contribution in [0.1, 0.15) is 79.1 Å². The number of aliphatic hydroxyl groups is 8. The Balaban J connectivity index is 1.11. The fourth-order valence-electron chi connectivity index (χ4n) is 11.6. The van der Waals surface area contributed by atoms with Crippen LogP contribution in [0.3, 0.4) is 0 Å². The van der Waals surface area contributed by atoms with Crippen LogP contribution >= 0.6 is 0 Å². The summed E-state index contributed by atoms with van der Waals surface area (Å²) in [5.74, 6) is 0.313. The molecule has 6 rings (SSSR count). The summed E-state index contributed by atoms with van der Waals surface area (Å²) in [6, 6.07) is 0. The fourth-order valence-corrected chi connectivity index (χ4v) is 11.6. The fraction of sp³-hybridized carbons (Fsp3) is 1.00. The van der Waals surface area contributed by atoms with Gasteiger partial charge in [-0.1, -0.05) is 27.7 Å². The zero-order valence-electron chi connectivity index (χ0n) is 27.9. The largest absolute Gasteiger partial charge is 0.394 e. The van der Waals surface area contributed by atoms with E-state index in [9.17, 15) is 40.9 Å². The average Bonchev–Trinajstić information content (AvgIpc) is 3.49. The maximum atomic E-state index is 11.8. The van der Waals surface area contributed by atoms with Gasteiger partial charge in [0, 0.05) is 31.3 Å². The molecule has 4 saturated carbocycles. The first-order valence-corrected chi connectivity index (χ1v) is 17.5. The van der Waals surface area contributed by atoms with Crippen LogP contribution in [0.2, 0.25) is 0 Å². The third-order valence-corrected chi connectivity index (χ3v) is 14.4. The molecule has 2 heterocycles. The number of hydrogen-bond acceptors (Lipinski definition) is 12. The molecule has 4 aliphatic carbocycles. The lowest BCUT2D eigenvalue weighted by Gasteiger charge is -2.66. The lowest BCUT2D eigenvalue weighted by molar-refractivity contribution is -0.303. The molecule has 0 bridgehead atoms. The minimum Gasteiger partial charge on any atom is -0.394 e. The molecular formula is C34H58O12. The predicted molar refractivity (Wildman–Crippen MR) is 163 cm³/mol. The van der Waals surface area contributed by atoms with Crippen molar-refractivity contribution in [2.24, 2.45) is 46.3 Å². The zero-order chi connectivity index (χ0) is 33.6. The highest BCUT2D eigenvalue weighted by atomic mass is 16.7. The quantitative estimate of drug-likeness (QED) is 0.178. The Morgan fingerprint density at radius 1 is 0.935 bits per heavy atom. The van der Waals surface area contributed by atoms with Crippen LogP contribution in [0, 0.1) is 46.3 Å². The molecule has 0 aromatic carbocycles. The van der Waals surface area contributed by atoms with Gasteiger partial charge in [0.15, 0.2) is 12.1 Å². The summed E-state index contributed by atoms with van der Waals surface area (Å²) in [4.78, 5) is 0. The van der Waals surface area contributed by atoms with Gasteiger partial charge in [-0.05, 0) is 73.5 Å². The van der Waals surface area contributed by atoms with Gasteiger partial charge in [0.25, 0.3) is 0 Å². The van der Waals surface area contributed by atoms with Gasteiger partial charge in [0.1, 0.15) is 36.1 Å². The number of hydrogen-bond donors (Lipinski definition) is 8. The second-order valence-electron chi connectivity index (χ2n) is 16.3. The molecule has 12 nitrogen and oxygen atoms in total. The SMILES string of the molecule is COC1(CCC(C)CO[C@@H]2O[C@H](CO)[C@@H](O)[C@H](O)[C@H]2O)OC2CC3C4CCC5(O)C(O)C(O)CC(O)C5(C)C4CCC3(C)C2C1C. The molecule has 2 aliphatic heterocycles. The van der Waals surface area contributed by atoms with Crippen molar-refractivity contribution >= 4 is 0 Å². The summed E-state index contributed by atoms with van der Waals surface area (Å²) in [6.07, 6.45) is -4.66.